The first-order valence-electron chi connectivity index (χ1n) is 7.73. The van der Waals surface area contributed by atoms with Gasteiger partial charge in [-0.1, -0.05) is 29.8 Å². The van der Waals surface area contributed by atoms with Gasteiger partial charge in [-0.2, -0.15) is 13.2 Å². The van der Waals surface area contributed by atoms with Gasteiger partial charge in [-0.25, -0.2) is 0 Å². The summed E-state index contributed by atoms with van der Waals surface area (Å²) in [5, 5.41) is -0.0656. The Hall–Kier alpha value is -2.80. The molecule has 0 aliphatic carbocycles. The van der Waals surface area contributed by atoms with Crippen LogP contribution in [0.25, 0.3) is 22.1 Å². The maximum atomic E-state index is 13.6. The van der Waals surface area contributed by atoms with Crippen molar-refractivity contribution >= 4 is 28.4 Å². The highest BCUT2D eigenvalue weighted by Gasteiger charge is 2.39. The minimum Gasteiger partial charge on any atom is -0.486 e. The molecule has 3 rings (SSSR count). The summed E-state index contributed by atoms with van der Waals surface area (Å²) in [5.41, 5.74) is -1.89. The number of ketones is 1. The number of benzene rings is 2. The molecule has 0 aliphatic rings. The number of hydrogen-bond acceptors (Lipinski definition) is 4. The topological polar surface area (TPSA) is 56.5 Å². The lowest BCUT2D eigenvalue weighted by Gasteiger charge is -2.14. The molecule has 0 saturated heterocycles. The van der Waals surface area contributed by atoms with Gasteiger partial charge in [-0.15, -0.1) is 0 Å². The van der Waals surface area contributed by atoms with Crippen molar-refractivity contribution in [3.05, 3.63) is 63.5 Å². The summed E-state index contributed by atoms with van der Waals surface area (Å²) in [7, 11) is 0. The second kappa shape index (κ2) is 7.08. The van der Waals surface area contributed by atoms with Gasteiger partial charge >= 0.3 is 6.18 Å². The van der Waals surface area contributed by atoms with Crippen LogP contribution in [0.5, 0.6) is 5.75 Å². The number of halogens is 4. The van der Waals surface area contributed by atoms with Gasteiger partial charge in [0.15, 0.2) is 5.78 Å². The van der Waals surface area contributed by atoms with Gasteiger partial charge in [0, 0.05) is 16.7 Å². The van der Waals surface area contributed by atoms with E-state index in [-0.39, 0.29) is 39.7 Å². The fraction of sp³-hybridized carbons (Fsp3) is 0.158. The Morgan fingerprint density at radius 2 is 1.89 bits per heavy atom. The molecule has 0 spiro atoms. The van der Waals surface area contributed by atoms with Gasteiger partial charge in [-0.3, -0.25) is 9.59 Å². The Labute approximate surface area is 156 Å². The van der Waals surface area contributed by atoms with Crippen LogP contribution in [-0.2, 0) is 11.0 Å². The summed E-state index contributed by atoms with van der Waals surface area (Å²) < 4.78 is 50.9. The number of alkyl halides is 3. The molecule has 0 amide bonds. The molecule has 0 aliphatic heterocycles. The van der Waals surface area contributed by atoms with E-state index in [4.69, 9.17) is 20.8 Å². The van der Waals surface area contributed by atoms with E-state index in [9.17, 15) is 22.8 Å². The summed E-state index contributed by atoms with van der Waals surface area (Å²) >= 11 is 6.00. The van der Waals surface area contributed by atoms with Crippen molar-refractivity contribution < 1.29 is 27.1 Å². The first kappa shape index (κ1) is 19.0. The molecule has 27 heavy (non-hydrogen) atoms. The average Bonchev–Trinajstić information content (AvgIpc) is 2.60. The molecule has 0 saturated carbocycles. The minimum absolute atomic E-state index is 0.00365. The van der Waals surface area contributed by atoms with Gasteiger partial charge in [-0.05, 0) is 25.1 Å². The summed E-state index contributed by atoms with van der Waals surface area (Å²) in [6, 6.07) is 9.54. The minimum atomic E-state index is -4.92. The quantitative estimate of drug-likeness (QED) is 0.615. The number of rotatable bonds is 4. The van der Waals surface area contributed by atoms with Crippen molar-refractivity contribution in [1.29, 1.82) is 0 Å². The summed E-state index contributed by atoms with van der Waals surface area (Å²) in [6.45, 7) is 1.05. The molecular formula is C19H12ClF3O4. The summed E-state index contributed by atoms with van der Waals surface area (Å²) in [5.74, 6) is -1.60. The lowest BCUT2D eigenvalue weighted by atomic mass is 10.0. The van der Waals surface area contributed by atoms with Crippen LogP contribution in [0.3, 0.4) is 0 Å². The monoisotopic (exact) mass is 396 g/mol. The van der Waals surface area contributed by atoms with Crippen molar-refractivity contribution in [3.63, 3.8) is 0 Å². The molecule has 0 atom stereocenters. The third-order valence-electron chi connectivity index (χ3n) is 3.71. The van der Waals surface area contributed by atoms with Crippen LogP contribution >= 0.6 is 11.6 Å². The van der Waals surface area contributed by atoms with E-state index in [1.165, 1.54) is 37.3 Å². The van der Waals surface area contributed by atoms with Gasteiger partial charge < -0.3 is 9.15 Å². The van der Waals surface area contributed by atoms with E-state index >= 15 is 0 Å². The number of Topliss-reactive ketones (excluding diaryl/α,β-unsaturated/α-hetero) is 1. The first-order valence-corrected chi connectivity index (χ1v) is 8.11. The van der Waals surface area contributed by atoms with E-state index in [0.717, 1.165) is 6.07 Å². The number of fused-ring (bicyclic) bond motifs is 1. The smallest absolute Gasteiger partial charge is 0.450 e. The van der Waals surface area contributed by atoms with Crippen molar-refractivity contribution in [2.45, 2.75) is 13.1 Å². The Kier molecular flexibility index (Phi) is 4.97. The SMILES string of the molecule is CC(=O)COc1ccc2c(=O)c(-c3ccccc3Cl)c(C(F)(F)F)oc2c1. The standard InChI is InChI=1S/C19H12ClF3O4/c1-10(24)9-26-11-6-7-13-15(8-11)27-18(19(21,22)23)16(17(13)25)12-4-2-3-5-14(12)20/h2-8H,9H2,1H3. The van der Waals surface area contributed by atoms with Crippen LogP contribution in [0.2, 0.25) is 5.02 Å². The zero-order chi connectivity index (χ0) is 19.8. The Bertz CT molecular complexity index is 1090. The highest BCUT2D eigenvalue weighted by atomic mass is 35.5. The van der Waals surface area contributed by atoms with Crippen molar-refractivity contribution in [2.24, 2.45) is 0 Å². The fourth-order valence-corrected chi connectivity index (χ4v) is 2.79. The van der Waals surface area contributed by atoms with Gasteiger partial charge in [0.1, 0.15) is 17.9 Å². The second-order valence-corrected chi connectivity index (χ2v) is 6.17. The zero-order valence-electron chi connectivity index (χ0n) is 13.9. The Morgan fingerprint density at radius 3 is 2.52 bits per heavy atom. The first-order chi connectivity index (χ1) is 12.7. The summed E-state index contributed by atoms with van der Waals surface area (Å²) in [6.07, 6.45) is -4.92. The predicted octanol–water partition coefficient (Wildman–Crippen LogP) is 5.10. The third kappa shape index (κ3) is 3.83. The van der Waals surface area contributed by atoms with Crippen molar-refractivity contribution in [2.75, 3.05) is 6.61 Å². The van der Waals surface area contributed by atoms with Crippen LogP contribution < -0.4 is 10.2 Å². The van der Waals surface area contributed by atoms with Gasteiger partial charge in [0.05, 0.1) is 10.9 Å². The molecule has 0 N–H and O–H groups in total. The Morgan fingerprint density at radius 1 is 1.19 bits per heavy atom. The largest absolute Gasteiger partial charge is 0.486 e. The molecule has 0 fully saturated rings. The lowest BCUT2D eigenvalue weighted by Crippen LogP contribution is -2.16. The van der Waals surface area contributed by atoms with Gasteiger partial charge in [0.25, 0.3) is 0 Å². The van der Waals surface area contributed by atoms with Crippen LogP contribution in [0.15, 0.2) is 51.7 Å². The number of ether oxygens (including phenoxy) is 1. The van der Waals surface area contributed by atoms with Crippen LogP contribution in [0.1, 0.15) is 12.7 Å². The van der Waals surface area contributed by atoms with Crippen molar-refractivity contribution in [3.8, 4) is 16.9 Å². The number of hydrogen-bond donors (Lipinski definition) is 0. The predicted molar refractivity (Wildman–Crippen MR) is 94.1 cm³/mol. The molecule has 0 bridgehead atoms. The van der Waals surface area contributed by atoms with E-state index in [1.807, 2.05) is 0 Å². The van der Waals surface area contributed by atoms with E-state index < -0.39 is 22.9 Å². The molecule has 3 aromatic rings. The van der Waals surface area contributed by atoms with Crippen LogP contribution in [0, 0.1) is 0 Å². The average molecular weight is 397 g/mol. The number of carbonyl (C=O) groups excluding carboxylic acids is 1. The van der Waals surface area contributed by atoms with Crippen molar-refractivity contribution in [1.82, 2.24) is 0 Å². The fourth-order valence-electron chi connectivity index (χ4n) is 2.56. The van der Waals surface area contributed by atoms with E-state index in [1.54, 1.807) is 6.07 Å². The van der Waals surface area contributed by atoms with Crippen LogP contribution in [-0.4, -0.2) is 12.4 Å². The third-order valence-corrected chi connectivity index (χ3v) is 4.04. The molecule has 140 valence electrons. The second-order valence-electron chi connectivity index (χ2n) is 5.76. The Balaban J connectivity index is 2.28. The zero-order valence-corrected chi connectivity index (χ0v) is 14.6. The highest BCUT2D eigenvalue weighted by Crippen LogP contribution is 2.39. The molecule has 4 nitrogen and oxygen atoms in total. The lowest BCUT2D eigenvalue weighted by molar-refractivity contribution is -0.152. The molecule has 8 heteroatoms. The van der Waals surface area contributed by atoms with E-state index in [2.05, 4.69) is 0 Å². The molecule has 1 heterocycles. The maximum absolute atomic E-state index is 13.6. The normalized spacial score (nSPS) is 11.6. The van der Waals surface area contributed by atoms with Gasteiger partial charge in [0.2, 0.25) is 11.2 Å². The molecule has 2 aromatic carbocycles. The number of carbonyl (C=O) groups is 1. The highest BCUT2D eigenvalue weighted by molar-refractivity contribution is 6.33. The molecule has 1 aromatic heterocycles. The maximum Gasteiger partial charge on any atom is 0.450 e. The molecule has 0 radical (unpaired) electrons. The van der Waals surface area contributed by atoms with E-state index in [0.29, 0.717) is 0 Å². The molecular weight excluding hydrogens is 385 g/mol. The van der Waals surface area contributed by atoms with Crippen LogP contribution in [0.4, 0.5) is 13.2 Å². The summed E-state index contributed by atoms with van der Waals surface area (Å²) in [4.78, 5) is 23.8. The molecule has 0 unspecified atom stereocenters.